The van der Waals surface area contributed by atoms with Crippen molar-refractivity contribution in [1.82, 2.24) is 10.2 Å². The first-order chi connectivity index (χ1) is 18.5. The lowest BCUT2D eigenvalue weighted by Crippen LogP contribution is -2.53. The lowest BCUT2D eigenvalue weighted by atomic mass is 10.0. The third-order valence-corrected chi connectivity index (χ3v) is 8.15. The van der Waals surface area contributed by atoms with Crippen LogP contribution in [-0.4, -0.2) is 50.5 Å². The molecule has 1 atom stereocenters. The Morgan fingerprint density at radius 3 is 2.18 bits per heavy atom. The Hall–Kier alpha value is -2.78. The summed E-state index contributed by atoms with van der Waals surface area (Å²) in [4.78, 5) is 28.8. The highest BCUT2D eigenvalue weighted by Gasteiger charge is 2.33. The van der Waals surface area contributed by atoms with E-state index in [1.165, 1.54) is 17.0 Å². The Morgan fingerprint density at radius 1 is 0.897 bits per heavy atom. The molecule has 0 saturated heterocycles. The fourth-order valence-electron chi connectivity index (χ4n) is 3.99. The first kappa shape index (κ1) is 30.8. The second-order valence-electron chi connectivity index (χ2n) is 8.99. The van der Waals surface area contributed by atoms with Gasteiger partial charge in [0.05, 0.1) is 22.0 Å². The fraction of sp³-hybridized carbons (Fsp3) is 0.286. The molecule has 0 heterocycles. The zero-order valence-electron chi connectivity index (χ0n) is 21.6. The Morgan fingerprint density at radius 2 is 1.56 bits per heavy atom. The molecule has 0 aliphatic carbocycles. The molecule has 0 aliphatic rings. The van der Waals surface area contributed by atoms with Crippen molar-refractivity contribution in [2.45, 2.75) is 32.4 Å². The van der Waals surface area contributed by atoms with Crippen molar-refractivity contribution in [1.29, 1.82) is 0 Å². The topological polar surface area (TPSA) is 86.8 Å². The molecule has 2 amide bonds. The maximum Gasteiger partial charge on any atom is 0.244 e. The number of sulfonamides is 1. The summed E-state index contributed by atoms with van der Waals surface area (Å²) in [6.45, 7) is 1.83. The van der Waals surface area contributed by atoms with E-state index in [4.69, 9.17) is 34.8 Å². The van der Waals surface area contributed by atoms with Crippen LogP contribution in [-0.2, 0) is 32.6 Å². The van der Waals surface area contributed by atoms with Crippen LogP contribution in [0.4, 0.5) is 5.69 Å². The van der Waals surface area contributed by atoms with Crippen LogP contribution in [0.2, 0.25) is 15.1 Å². The SMILES string of the molecule is CCCNC(=O)C(Cc1ccccc1)N(Cc1ccc(Cl)cc1)C(=O)CN(c1cccc(Cl)c1Cl)S(C)(=O)=O. The largest absolute Gasteiger partial charge is 0.354 e. The maximum atomic E-state index is 14.0. The summed E-state index contributed by atoms with van der Waals surface area (Å²) >= 11 is 18.5. The number of halogens is 3. The van der Waals surface area contributed by atoms with E-state index in [0.29, 0.717) is 18.0 Å². The highest BCUT2D eigenvalue weighted by molar-refractivity contribution is 7.92. The van der Waals surface area contributed by atoms with Gasteiger partial charge in [-0.05, 0) is 41.8 Å². The van der Waals surface area contributed by atoms with Gasteiger partial charge in [0.15, 0.2) is 0 Å². The summed E-state index contributed by atoms with van der Waals surface area (Å²) in [5.41, 5.74) is 1.64. The molecule has 3 rings (SSSR count). The average Bonchev–Trinajstić information content (AvgIpc) is 2.90. The van der Waals surface area contributed by atoms with Crippen molar-refractivity contribution in [3.05, 3.63) is 99.0 Å². The lowest BCUT2D eigenvalue weighted by Gasteiger charge is -2.33. The number of anilines is 1. The normalized spacial score (nSPS) is 12.0. The molecule has 3 aromatic carbocycles. The van der Waals surface area contributed by atoms with Crippen LogP contribution in [0.5, 0.6) is 0 Å². The van der Waals surface area contributed by atoms with Gasteiger partial charge < -0.3 is 10.2 Å². The summed E-state index contributed by atoms with van der Waals surface area (Å²) < 4.78 is 26.6. The van der Waals surface area contributed by atoms with Gasteiger partial charge in [-0.25, -0.2) is 8.42 Å². The second kappa shape index (κ2) is 14.0. The number of carbonyl (C=O) groups is 2. The van der Waals surface area contributed by atoms with Crippen LogP contribution in [0.1, 0.15) is 24.5 Å². The second-order valence-corrected chi connectivity index (χ2v) is 12.1. The molecule has 3 aromatic rings. The predicted molar refractivity (Wildman–Crippen MR) is 158 cm³/mol. The van der Waals surface area contributed by atoms with E-state index in [9.17, 15) is 18.0 Å². The number of nitrogens with one attached hydrogen (secondary N) is 1. The van der Waals surface area contributed by atoms with E-state index < -0.39 is 28.5 Å². The van der Waals surface area contributed by atoms with Crippen molar-refractivity contribution in [2.24, 2.45) is 0 Å². The molecular weight excluding hydrogens is 581 g/mol. The number of benzene rings is 3. The van der Waals surface area contributed by atoms with Crippen LogP contribution in [0, 0.1) is 0 Å². The first-order valence-electron chi connectivity index (χ1n) is 12.3. The molecule has 7 nitrogen and oxygen atoms in total. The standard InChI is InChI=1S/C28H30Cl3N3O4S/c1-3-16-32-28(36)25(17-20-8-5-4-6-9-20)33(18-21-12-14-22(29)15-13-21)26(35)19-34(39(2,37)38)24-11-7-10-23(30)27(24)31/h4-15,25H,3,16-19H2,1-2H3,(H,32,36). The van der Waals surface area contributed by atoms with Gasteiger partial charge in [-0.1, -0.05) is 90.3 Å². The van der Waals surface area contributed by atoms with Gasteiger partial charge in [0.2, 0.25) is 21.8 Å². The molecule has 0 radical (unpaired) electrons. The van der Waals surface area contributed by atoms with E-state index >= 15 is 0 Å². The van der Waals surface area contributed by atoms with Crippen molar-refractivity contribution >= 4 is 62.3 Å². The molecule has 208 valence electrons. The van der Waals surface area contributed by atoms with Gasteiger partial charge in [-0.3, -0.25) is 13.9 Å². The van der Waals surface area contributed by atoms with Crippen molar-refractivity contribution in [3.8, 4) is 0 Å². The van der Waals surface area contributed by atoms with Gasteiger partial charge in [-0.15, -0.1) is 0 Å². The zero-order valence-corrected chi connectivity index (χ0v) is 24.7. The molecule has 0 saturated carbocycles. The monoisotopic (exact) mass is 609 g/mol. The summed E-state index contributed by atoms with van der Waals surface area (Å²) in [5, 5.41) is 3.57. The molecule has 0 aliphatic heterocycles. The fourth-order valence-corrected chi connectivity index (χ4v) is 5.41. The molecule has 0 spiro atoms. The third-order valence-electron chi connectivity index (χ3n) is 5.97. The van der Waals surface area contributed by atoms with Crippen molar-refractivity contribution in [2.75, 3.05) is 23.7 Å². The smallest absolute Gasteiger partial charge is 0.244 e. The van der Waals surface area contributed by atoms with Crippen LogP contribution < -0.4 is 9.62 Å². The Labute approximate surface area is 244 Å². The third kappa shape index (κ3) is 8.60. The minimum absolute atomic E-state index is 0.00293. The highest BCUT2D eigenvalue weighted by Crippen LogP contribution is 2.34. The van der Waals surface area contributed by atoms with Crippen LogP contribution >= 0.6 is 34.8 Å². The number of rotatable bonds is 12. The van der Waals surface area contributed by atoms with E-state index in [0.717, 1.165) is 21.7 Å². The summed E-state index contributed by atoms with van der Waals surface area (Å²) in [6.07, 6.45) is 1.92. The van der Waals surface area contributed by atoms with Crippen LogP contribution in [0.25, 0.3) is 0 Å². The van der Waals surface area contributed by atoms with E-state index in [1.54, 1.807) is 30.3 Å². The molecule has 1 unspecified atom stereocenters. The summed E-state index contributed by atoms with van der Waals surface area (Å²) in [5.74, 6) is -0.922. The minimum Gasteiger partial charge on any atom is -0.354 e. The molecular formula is C28H30Cl3N3O4S. The molecule has 39 heavy (non-hydrogen) atoms. The first-order valence-corrected chi connectivity index (χ1v) is 15.3. The predicted octanol–water partition coefficient (Wildman–Crippen LogP) is 5.58. The Balaban J connectivity index is 2.06. The van der Waals surface area contributed by atoms with Crippen LogP contribution in [0.15, 0.2) is 72.8 Å². The van der Waals surface area contributed by atoms with Gasteiger partial charge in [0, 0.05) is 24.5 Å². The number of nitrogens with zero attached hydrogens (tertiary/aromatic N) is 2. The zero-order chi connectivity index (χ0) is 28.6. The quantitative estimate of drug-likeness (QED) is 0.290. The lowest BCUT2D eigenvalue weighted by molar-refractivity contribution is -0.140. The average molecular weight is 611 g/mol. The van der Waals surface area contributed by atoms with E-state index in [2.05, 4.69) is 5.32 Å². The van der Waals surface area contributed by atoms with Crippen LogP contribution in [0.3, 0.4) is 0 Å². The Kier molecular flexibility index (Phi) is 11.1. The minimum atomic E-state index is -3.96. The van der Waals surface area contributed by atoms with Crippen molar-refractivity contribution < 1.29 is 18.0 Å². The van der Waals surface area contributed by atoms with Crippen molar-refractivity contribution in [3.63, 3.8) is 0 Å². The Bertz CT molecular complexity index is 1390. The molecule has 0 fully saturated rings. The van der Waals surface area contributed by atoms with E-state index in [1.807, 2.05) is 37.3 Å². The van der Waals surface area contributed by atoms with Gasteiger partial charge in [0.1, 0.15) is 12.6 Å². The molecule has 11 heteroatoms. The molecule has 1 N–H and O–H groups in total. The number of amides is 2. The van der Waals surface area contributed by atoms with Gasteiger partial charge in [-0.2, -0.15) is 0 Å². The number of hydrogen-bond acceptors (Lipinski definition) is 4. The van der Waals surface area contributed by atoms with E-state index in [-0.39, 0.29) is 34.6 Å². The number of hydrogen-bond donors (Lipinski definition) is 1. The maximum absolute atomic E-state index is 14.0. The van der Waals surface area contributed by atoms with Gasteiger partial charge >= 0.3 is 0 Å². The molecule has 0 aromatic heterocycles. The number of carbonyl (C=O) groups excluding carboxylic acids is 2. The molecule has 0 bridgehead atoms. The highest BCUT2D eigenvalue weighted by atomic mass is 35.5. The van der Waals surface area contributed by atoms with Gasteiger partial charge in [0.25, 0.3) is 0 Å². The summed E-state index contributed by atoms with van der Waals surface area (Å²) in [7, 11) is -3.96. The summed E-state index contributed by atoms with van der Waals surface area (Å²) in [6, 6.07) is 19.9.